The van der Waals surface area contributed by atoms with Crippen molar-refractivity contribution in [2.75, 3.05) is 38.7 Å². The number of nitrogens with zero attached hydrogens (tertiary/aromatic N) is 3. The molecular weight excluding hydrogens is 436 g/mol. The summed E-state index contributed by atoms with van der Waals surface area (Å²) in [5, 5.41) is 3.15. The Morgan fingerprint density at radius 3 is 3.00 bits per heavy atom. The molecule has 0 unspecified atom stereocenters. The number of hydrogen-bond donors (Lipinski definition) is 1. The maximum atomic E-state index is 13.3. The van der Waals surface area contributed by atoms with E-state index in [0.29, 0.717) is 52.6 Å². The molecule has 31 heavy (non-hydrogen) atoms. The number of anilines is 1. The summed E-state index contributed by atoms with van der Waals surface area (Å²) in [4.78, 5) is 32.9. The highest BCUT2D eigenvalue weighted by Gasteiger charge is 2.35. The van der Waals surface area contributed by atoms with Gasteiger partial charge in [0.1, 0.15) is 15.8 Å². The zero-order chi connectivity index (χ0) is 22.0. The highest BCUT2D eigenvalue weighted by atomic mass is 32.2. The van der Waals surface area contributed by atoms with Crippen LogP contribution in [-0.2, 0) is 14.3 Å². The topological polar surface area (TPSA) is 85.2 Å². The molecule has 164 valence electrons. The fourth-order valence-electron chi connectivity index (χ4n) is 3.58. The SMILES string of the molecule is COCCNc1nc2ccc(C)cn2c(=O)c1/C=C1\SC(=S)N(C[C@@H]2CCCO2)C1=O. The average molecular weight is 461 g/mol. The number of pyridine rings is 1. The largest absolute Gasteiger partial charge is 0.383 e. The van der Waals surface area contributed by atoms with Crippen LogP contribution in [-0.4, -0.2) is 64.0 Å². The molecule has 2 aliphatic heterocycles. The van der Waals surface area contributed by atoms with Gasteiger partial charge in [-0.2, -0.15) is 0 Å². The third-order valence-corrected chi connectivity index (χ3v) is 6.54. The van der Waals surface area contributed by atoms with Crippen LogP contribution in [0.1, 0.15) is 24.0 Å². The van der Waals surface area contributed by atoms with E-state index in [9.17, 15) is 9.59 Å². The zero-order valence-corrected chi connectivity index (χ0v) is 19.1. The van der Waals surface area contributed by atoms with E-state index in [1.165, 1.54) is 16.2 Å². The van der Waals surface area contributed by atoms with Gasteiger partial charge in [0, 0.05) is 26.5 Å². The lowest BCUT2D eigenvalue weighted by molar-refractivity contribution is -0.123. The van der Waals surface area contributed by atoms with Gasteiger partial charge >= 0.3 is 0 Å². The van der Waals surface area contributed by atoms with Crippen molar-refractivity contribution in [3.05, 3.63) is 44.7 Å². The Bertz CT molecular complexity index is 1110. The second-order valence-electron chi connectivity index (χ2n) is 7.46. The molecule has 0 bridgehead atoms. The van der Waals surface area contributed by atoms with E-state index in [0.717, 1.165) is 18.4 Å². The van der Waals surface area contributed by atoms with E-state index in [1.807, 2.05) is 13.0 Å². The Morgan fingerprint density at radius 2 is 2.26 bits per heavy atom. The highest BCUT2D eigenvalue weighted by Crippen LogP contribution is 2.34. The van der Waals surface area contributed by atoms with Crippen molar-refractivity contribution >= 4 is 51.7 Å². The van der Waals surface area contributed by atoms with E-state index >= 15 is 0 Å². The van der Waals surface area contributed by atoms with Gasteiger partial charge in [-0.15, -0.1) is 0 Å². The van der Waals surface area contributed by atoms with Crippen LogP contribution in [0.3, 0.4) is 0 Å². The van der Waals surface area contributed by atoms with Crippen molar-refractivity contribution in [1.82, 2.24) is 14.3 Å². The smallest absolute Gasteiger partial charge is 0.267 e. The lowest BCUT2D eigenvalue weighted by Gasteiger charge is -2.18. The molecule has 4 heterocycles. The second-order valence-corrected chi connectivity index (χ2v) is 9.14. The van der Waals surface area contributed by atoms with Gasteiger partial charge in [-0.3, -0.25) is 18.9 Å². The quantitative estimate of drug-likeness (QED) is 0.383. The number of carbonyl (C=O) groups is 1. The number of carbonyl (C=O) groups excluding carboxylic acids is 1. The van der Waals surface area contributed by atoms with Crippen molar-refractivity contribution in [3.8, 4) is 0 Å². The molecule has 0 aliphatic carbocycles. The number of rotatable bonds is 7. The summed E-state index contributed by atoms with van der Waals surface area (Å²) in [7, 11) is 1.60. The zero-order valence-electron chi connectivity index (χ0n) is 17.4. The maximum absolute atomic E-state index is 13.3. The van der Waals surface area contributed by atoms with Gasteiger partial charge in [-0.1, -0.05) is 30.0 Å². The van der Waals surface area contributed by atoms with Crippen molar-refractivity contribution in [3.63, 3.8) is 0 Å². The van der Waals surface area contributed by atoms with Crippen LogP contribution >= 0.6 is 24.0 Å². The average Bonchev–Trinajstić information content (AvgIpc) is 3.35. The van der Waals surface area contributed by atoms with Gasteiger partial charge in [0.15, 0.2) is 0 Å². The third-order valence-electron chi connectivity index (χ3n) is 5.16. The fraction of sp³-hybridized carbons (Fsp3) is 0.429. The number of thiocarbonyl (C=S) groups is 1. The fourth-order valence-corrected chi connectivity index (χ4v) is 4.83. The summed E-state index contributed by atoms with van der Waals surface area (Å²) < 4.78 is 12.7. The number of amides is 1. The molecule has 1 N–H and O–H groups in total. The second kappa shape index (κ2) is 9.47. The first kappa shape index (κ1) is 21.9. The molecule has 4 rings (SSSR count). The third kappa shape index (κ3) is 4.67. The van der Waals surface area contributed by atoms with Crippen LogP contribution in [0.25, 0.3) is 11.7 Å². The highest BCUT2D eigenvalue weighted by molar-refractivity contribution is 8.26. The molecule has 1 amide bonds. The van der Waals surface area contributed by atoms with E-state index in [4.69, 9.17) is 21.7 Å². The predicted octanol–water partition coefficient (Wildman–Crippen LogP) is 2.44. The van der Waals surface area contributed by atoms with Crippen LogP contribution in [0, 0.1) is 6.92 Å². The van der Waals surface area contributed by atoms with Gasteiger partial charge in [-0.05, 0) is 37.5 Å². The minimum atomic E-state index is -0.252. The summed E-state index contributed by atoms with van der Waals surface area (Å²) in [5.41, 5.74) is 1.53. The van der Waals surface area contributed by atoms with E-state index in [1.54, 1.807) is 30.3 Å². The van der Waals surface area contributed by atoms with Gasteiger partial charge in [0.25, 0.3) is 11.5 Å². The predicted molar refractivity (Wildman–Crippen MR) is 125 cm³/mol. The molecule has 2 aromatic rings. The first-order valence-corrected chi connectivity index (χ1v) is 11.3. The van der Waals surface area contributed by atoms with Crippen LogP contribution in [0.15, 0.2) is 28.0 Å². The van der Waals surface area contributed by atoms with Crippen molar-refractivity contribution < 1.29 is 14.3 Å². The molecule has 2 aromatic heterocycles. The van der Waals surface area contributed by atoms with Crippen LogP contribution in [0.2, 0.25) is 0 Å². The van der Waals surface area contributed by atoms with Gasteiger partial charge < -0.3 is 14.8 Å². The minimum absolute atomic E-state index is 0.00376. The van der Waals surface area contributed by atoms with E-state index in [2.05, 4.69) is 10.3 Å². The van der Waals surface area contributed by atoms with Crippen LogP contribution in [0.4, 0.5) is 5.82 Å². The Balaban J connectivity index is 1.71. The lowest BCUT2D eigenvalue weighted by Crippen LogP contribution is -2.35. The first-order valence-electron chi connectivity index (χ1n) is 10.1. The Morgan fingerprint density at radius 1 is 1.42 bits per heavy atom. The minimum Gasteiger partial charge on any atom is -0.383 e. The number of nitrogens with one attached hydrogen (secondary N) is 1. The van der Waals surface area contributed by atoms with Crippen molar-refractivity contribution in [2.45, 2.75) is 25.9 Å². The van der Waals surface area contributed by atoms with Crippen molar-refractivity contribution in [1.29, 1.82) is 0 Å². The number of hydrogen-bond acceptors (Lipinski definition) is 8. The van der Waals surface area contributed by atoms with Crippen LogP contribution < -0.4 is 10.9 Å². The Kier molecular flexibility index (Phi) is 6.71. The van der Waals surface area contributed by atoms with Gasteiger partial charge in [0.2, 0.25) is 0 Å². The summed E-state index contributed by atoms with van der Waals surface area (Å²) in [6, 6.07) is 3.69. The standard InChI is InChI=1S/C21H24N4O4S2/c1-13-5-6-17-23-18(22-7-9-28-2)15(19(26)24(17)11-13)10-16-20(27)25(21(30)31-16)12-14-4-3-8-29-14/h5-6,10-11,14,22H,3-4,7-9,12H2,1-2H3/b16-10-/t14-/m0/s1. The molecule has 0 saturated carbocycles. The molecule has 1 atom stereocenters. The number of fused-ring (bicyclic) bond motifs is 1. The molecule has 0 aromatic carbocycles. The number of ether oxygens (including phenoxy) is 2. The lowest BCUT2D eigenvalue weighted by atomic mass is 10.2. The molecule has 10 heteroatoms. The molecule has 2 aliphatic rings. The first-order chi connectivity index (χ1) is 15.0. The van der Waals surface area contributed by atoms with E-state index < -0.39 is 0 Å². The number of methoxy groups -OCH3 is 1. The summed E-state index contributed by atoms with van der Waals surface area (Å²) in [5.74, 6) is 0.206. The summed E-state index contributed by atoms with van der Waals surface area (Å²) >= 11 is 6.63. The number of thioether (sulfide) groups is 1. The molecule has 0 radical (unpaired) electrons. The molecule has 0 spiro atoms. The molecule has 2 fully saturated rings. The van der Waals surface area contributed by atoms with E-state index in [-0.39, 0.29) is 17.6 Å². The van der Waals surface area contributed by atoms with Crippen LogP contribution in [0.5, 0.6) is 0 Å². The maximum Gasteiger partial charge on any atom is 0.267 e. The molecule has 2 saturated heterocycles. The summed E-state index contributed by atoms with van der Waals surface area (Å²) in [6.45, 7) is 4.00. The molecule has 8 nitrogen and oxygen atoms in total. The Labute approximate surface area is 189 Å². The van der Waals surface area contributed by atoms with Gasteiger partial charge in [0.05, 0.1) is 29.7 Å². The molecular formula is C21H24N4O4S2. The number of aryl methyl sites for hydroxylation is 1. The van der Waals surface area contributed by atoms with Crippen molar-refractivity contribution in [2.24, 2.45) is 0 Å². The number of aromatic nitrogens is 2. The monoisotopic (exact) mass is 460 g/mol. The summed E-state index contributed by atoms with van der Waals surface area (Å²) in [6.07, 6.45) is 5.24. The normalized spacial score (nSPS) is 20.4. The Hall–Kier alpha value is -2.27. The van der Waals surface area contributed by atoms with Gasteiger partial charge in [-0.25, -0.2) is 4.98 Å².